The molecular formula is C23H22N4O5. The van der Waals surface area contributed by atoms with Crippen molar-refractivity contribution in [2.45, 2.75) is 12.5 Å². The molecule has 0 aliphatic carbocycles. The normalized spacial score (nSPS) is 17.9. The van der Waals surface area contributed by atoms with E-state index in [1.54, 1.807) is 40.1 Å². The first-order chi connectivity index (χ1) is 15.6. The molecule has 0 bridgehead atoms. The van der Waals surface area contributed by atoms with Crippen LogP contribution in [-0.2, 0) is 16.0 Å². The molecule has 1 fully saturated rings. The Morgan fingerprint density at radius 3 is 2.38 bits per heavy atom. The van der Waals surface area contributed by atoms with Gasteiger partial charge in [-0.2, -0.15) is 5.10 Å². The van der Waals surface area contributed by atoms with Crippen molar-refractivity contribution in [3.05, 3.63) is 64.6 Å². The van der Waals surface area contributed by atoms with Crippen molar-refractivity contribution in [1.29, 1.82) is 0 Å². The maximum absolute atomic E-state index is 12.9. The summed E-state index contributed by atoms with van der Waals surface area (Å²) in [5.74, 6) is 0.967. The molecule has 1 unspecified atom stereocenters. The Bertz CT molecular complexity index is 1230. The zero-order chi connectivity index (χ0) is 22.1. The first-order valence-corrected chi connectivity index (χ1v) is 10.5. The van der Waals surface area contributed by atoms with E-state index in [1.807, 2.05) is 18.2 Å². The number of aromatic amines is 1. The van der Waals surface area contributed by atoms with E-state index >= 15 is 0 Å². The predicted octanol–water partition coefficient (Wildman–Crippen LogP) is 0.976. The van der Waals surface area contributed by atoms with Crippen molar-refractivity contribution in [1.82, 2.24) is 20.0 Å². The van der Waals surface area contributed by atoms with Crippen molar-refractivity contribution in [2.75, 3.05) is 32.8 Å². The number of nitrogens with one attached hydrogen (secondary N) is 1. The number of aromatic nitrogens is 2. The number of benzene rings is 2. The van der Waals surface area contributed by atoms with Crippen LogP contribution >= 0.6 is 0 Å². The predicted molar refractivity (Wildman–Crippen MR) is 116 cm³/mol. The summed E-state index contributed by atoms with van der Waals surface area (Å²) in [5.41, 5.74) is 0.260. The zero-order valence-electron chi connectivity index (χ0n) is 17.3. The molecule has 0 saturated carbocycles. The fraction of sp³-hybridized carbons (Fsp3) is 0.304. The highest BCUT2D eigenvalue weighted by Crippen LogP contribution is 2.31. The smallest absolute Gasteiger partial charge is 0.272 e. The summed E-state index contributed by atoms with van der Waals surface area (Å²) in [6.45, 7) is 1.86. The minimum absolute atomic E-state index is 0.0849. The summed E-state index contributed by atoms with van der Waals surface area (Å²) in [7, 11) is 0. The lowest BCUT2D eigenvalue weighted by Gasteiger charge is -2.37. The highest BCUT2D eigenvalue weighted by molar-refractivity contribution is 5.88. The number of ether oxygens (including phenoxy) is 2. The van der Waals surface area contributed by atoms with Gasteiger partial charge in [0.2, 0.25) is 12.0 Å². The molecule has 1 atom stereocenters. The molecule has 1 saturated heterocycles. The molecule has 1 N–H and O–H groups in total. The number of carbonyl (C=O) groups excluding carboxylic acids is 2. The quantitative estimate of drug-likeness (QED) is 0.659. The molecule has 2 aromatic carbocycles. The number of amides is 2. The minimum atomic E-state index is -0.691. The number of rotatable bonds is 3. The molecule has 3 aromatic rings. The van der Waals surface area contributed by atoms with E-state index in [2.05, 4.69) is 10.2 Å². The van der Waals surface area contributed by atoms with Gasteiger partial charge in [-0.05, 0) is 18.2 Å². The van der Waals surface area contributed by atoms with Crippen LogP contribution in [0.5, 0.6) is 11.5 Å². The zero-order valence-corrected chi connectivity index (χ0v) is 17.3. The highest BCUT2D eigenvalue weighted by atomic mass is 16.6. The number of carbonyl (C=O) groups is 2. The van der Waals surface area contributed by atoms with Gasteiger partial charge in [-0.25, -0.2) is 5.10 Å². The van der Waals surface area contributed by atoms with Gasteiger partial charge in [0, 0.05) is 31.6 Å². The van der Waals surface area contributed by atoms with Gasteiger partial charge >= 0.3 is 0 Å². The van der Waals surface area contributed by atoms with E-state index < -0.39 is 6.10 Å². The van der Waals surface area contributed by atoms with Crippen molar-refractivity contribution in [2.24, 2.45) is 0 Å². The molecule has 2 aliphatic heterocycles. The maximum Gasteiger partial charge on any atom is 0.272 e. The van der Waals surface area contributed by atoms with Gasteiger partial charge in [0.05, 0.1) is 17.5 Å². The van der Waals surface area contributed by atoms with Crippen molar-refractivity contribution in [3.8, 4) is 11.5 Å². The Kier molecular flexibility index (Phi) is 5.22. The Balaban J connectivity index is 1.20. The first kappa shape index (κ1) is 20.0. The van der Waals surface area contributed by atoms with Crippen LogP contribution in [0.3, 0.4) is 0 Å². The summed E-state index contributed by atoms with van der Waals surface area (Å²) >= 11 is 0. The van der Waals surface area contributed by atoms with E-state index in [0.29, 0.717) is 54.1 Å². The van der Waals surface area contributed by atoms with Crippen LogP contribution in [0.4, 0.5) is 0 Å². The van der Waals surface area contributed by atoms with Crippen LogP contribution < -0.4 is 15.0 Å². The standard InChI is InChI=1S/C23H22N4O5/c28-21(13-17-15-5-1-2-6-16(15)22(29)25-24-17)26-9-11-27(12-10-26)23(30)20-14-31-18-7-3-4-8-19(18)32-20/h1-8,20H,9-14H2,(H,25,29). The minimum Gasteiger partial charge on any atom is -0.485 e. The van der Waals surface area contributed by atoms with E-state index in [-0.39, 0.29) is 30.4 Å². The molecular weight excluding hydrogens is 412 g/mol. The molecule has 9 heteroatoms. The van der Waals surface area contributed by atoms with E-state index in [1.165, 1.54) is 0 Å². The molecule has 0 radical (unpaired) electrons. The topological polar surface area (TPSA) is 105 Å². The maximum atomic E-state index is 12.9. The molecule has 32 heavy (non-hydrogen) atoms. The van der Waals surface area contributed by atoms with Crippen LogP contribution in [0, 0.1) is 0 Å². The second-order valence-electron chi connectivity index (χ2n) is 7.79. The van der Waals surface area contributed by atoms with E-state index in [0.717, 1.165) is 0 Å². The van der Waals surface area contributed by atoms with Crippen molar-refractivity contribution in [3.63, 3.8) is 0 Å². The molecule has 0 spiro atoms. The Morgan fingerprint density at radius 1 is 0.938 bits per heavy atom. The summed E-state index contributed by atoms with van der Waals surface area (Å²) in [6.07, 6.45) is -0.606. The average molecular weight is 434 g/mol. The lowest BCUT2D eigenvalue weighted by Crippen LogP contribution is -2.55. The monoisotopic (exact) mass is 434 g/mol. The van der Waals surface area contributed by atoms with Gasteiger partial charge in [0.15, 0.2) is 11.5 Å². The van der Waals surface area contributed by atoms with E-state index in [4.69, 9.17) is 9.47 Å². The van der Waals surface area contributed by atoms with Crippen LogP contribution in [-0.4, -0.2) is 70.7 Å². The Hall–Kier alpha value is -3.88. The third kappa shape index (κ3) is 3.77. The van der Waals surface area contributed by atoms with Gasteiger partial charge in [0.1, 0.15) is 6.61 Å². The van der Waals surface area contributed by atoms with Crippen LogP contribution in [0.1, 0.15) is 5.69 Å². The second kappa shape index (κ2) is 8.33. The average Bonchev–Trinajstić information content (AvgIpc) is 2.85. The molecule has 9 nitrogen and oxygen atoms in total. The number of para-hydroxylation sites is 2. The summed E-state index contributed by atoms with van der Waals surface area (Å²) in [4.78, 5) is 41.1. The fourth-order valence-electron chi connectivity index (χ4n) is 4.08. The molecule has 1 aromatic heterocycles. The summed E-state index contributed by atoms with van der Waals surface area (Å²) in [6, 6.07) is 14.4. The first-order valence-electron chi connectivity index (χ1n) is 10.5. The number of hydrogen-bond donors (Lipinski definition) is 1. The van der Waals surface area contributed by atoms with Gasteiger partial charge in [-0.3, -0.25) is 14.4 Å². The third-order valence-corrected chi connectivity index (χ3v) is 5.82. The highest BCUT2D eigenvalue weighted by Gasteiger charge is 2.33. The summed E-state index contributed by atoms with van der Waals surface area (Å²) < 4.78 is 11.5. The van der Waals surface area contributed by atoms with Crippen LogP contribution in [0.15, 0.2) is 53.3 Å². The second-order valence-corrected chi connectivity index (χ2v) is 7.79. The Morgan fingerprint density at radius 2 is 1.59 bits per heavy atom. The number of piperazine rings is 1. The van der Waals surface area contributed by atoms with Crippen molar-refractivity contribution < 1.29 is 19.1 Å². The number of fused-ring (bicyclic) bond motifs is 2. The number of hydrogen-bond acceptors (Lipinski definition) is 6. The largest absolute Gasteiger partial charge is 0.485 e. The van der Waals surface area contributed by atoms with Gasteiger partial charge in [-0.1, -0.05) is 30.3 Å². The fourth-order valence-corrected chi connectivity index (χ4v) is 4.08. The SMILES string of the molecule is O=C(Cc1n[nH]c(=O)c2ccccc12)N1CCN(C(=O)C2COc3ccccc3O2)CC1. The van der Waals surface area contributed by atoms with Gasteiger partial charge in [-0.15, -0.1) is 0 Å². The molecule has 2 aliphatic rings. The number of H-pyrrole nitrogens is 1. The summed E-state index contributed by atoms with van der Waals surface area (Å²) in [5, 5.41) is 7.73. The third-order valence-electron chi connectivity index (χ3n) is 5.82. The van der Waals surface area contributed by atoms with E-state index in [9.17, 15) is 14.4 Å². The molecule has 164 valence electrons. The van der Waals surface area contributed by atoms with Crippen LogP contribution in [0.25, 0.3) is 10.8 Å². The molecule has 2 amide bonds. The van der Waals surface area contributed by atoms with Crippen LogP contribution in [0.2, 0.25) is 0 Å². The lowest BCUT2D eigenvalue weighted by atomic mass is 10.1. The Labute approximate surface area is 183 Å². The van der Waals surface area contributed by atoms with Gasteiger partial charge in [0.25, 0.3) is 11.5 Å². The van der Waals surface area contributed by atoms with Crippen molar-refractivity contribution >= 4 is 22.6 Å². The lowest BCUT2D eigenvalue weighted by molar-refractivity contribution is -0.146. The molecule has 3 heterocycles. The number of nitrogens with zero attached hydrogens (tertiary/aromatic N) is 3. The van der Waals surface area contributed by atoms with Gasteiger partial charge < -0.3 is 19.3 Å². The molecule has 5 rings (SSSR count).